The first-order chi connectivity index (χ1) is 17.2. The molecule has 0 atom stereocenters. The van der Waals surface area contributed by atoms with Gasteiger partial charge in [0.1, 0.15) is 17.2 Å². The number of anilines is 1. The highest BCUT2D eigenvalue weighted by atomic mass is 16.5. The number of benzene rings is 4. The molecule has 172 valence electrons. The van der Waals surface area contributed by atoms with E-state index >= 15 is 0 Å². The van der Waals surface area contributed by atoms with Crippen molar-refractivity contribution in [1.29, 1.82) is 0 Å². The average molecular weight is 460 g/mol. The maximum Gasteiger partial charge on any atom is 0.150 e. The first kappa shape index (κ1) is 20.9. The summed E-state index contributed by atoms with van der Waals surface area (Å²) in [5, 5.41) is 2.33. The maximum absolute atomic E-state index is 6.44. The van der Waals surface area contributed by atoms with Crippen LogP contribution in [-0.2, 0) is 0 Å². The van der Waals surface area contributed by atoms with Crippen LogP contribution in [0.5, 0.6) is 17.2 Å². The number of rotatable bonds is 6. The fraction of sp³-hybridized carbons (Fsp3) is 0.0667. The van der Waals surface area contributed by atoms with Crippen LogP contribution in [0.15, 0.2) is 103 Å². The molecule has 0 amide bonds. The van der Waals surface area contributed by atoms with Crippen molar-refractivity contribution in [2.24, 2.45) is 0 Å². The molecule has 4 aromatic carbocycles. The second kappa shape index (κ2) is 8.61. The maximum atomic E-state index is 6.44. The topological polar surface area (TPSA) is 76.1 Å². The summed E-state index contributed by atoms with van der Waals surface area (Å²) < 4.78 is 12.1. The van der Waals surface area contributed by atoms with Crippen LogP contribution in [0.3, 0.4) is 0 Å². The van der Waals surface area contributed by atoms with Gasteiger partial charge in [0.15, 0.2) is 0 Å². The van der Waals surface area contributed by atoms with Gasteiger partial charge < -0.3 is 25.2 Å². The smallest absolute Gasteiger partial charge is 0.150 e. The fourth-order valence-corrected chi connectivity index (χ4v) is 4.83. The molecule has 0 radical (unpaired) electrons. The summed E-state index contributed by atoms with van der Waals surface area (Å²) in [6.07, 6.45) is 4.19. The van der Waals surface area contributed by atoms with Crippen LogP contribution in [0, 0.1) is 0 Å². The molecule has 6 aromatic rings. The summed E-state index contributed by atoms with van der Waals surface area (Å²) >= 11 is 0. The predicted molar refractivity (Wildman–Crippen MR) is 141 cm³/mol. The lowest BCUT2D eigenvalue weighted by atomic mass is 9.84. The van der Waals surface area contributed by atoms with Crippen molar-refractivity contribution in [3.63, 3.8) is 0 Å². The quantitative estimate of drug-likeness (QED) is 0.230. The third-order valence-electron chi connectivity index (χ3n) is 6.53. The van der Waals surface area contributed by atoms with Crippen LogP contribution >= 0.6 is 0 Å². The number of hydrogen-bond acceptors (Lipinski definition) is 3. The number of hydrogen-bond donors (Lipinski definition) is 3. The number of ether oxygens (including phenoxy) is 2. The summed E-state index contributed by atoms with van der Waals surface area (Å²) in [4.78, 5) is 6.91. The van der Waals surface area contributed by atoms with Gasteiger partial charge in [-0.25, -0.2) is 0 Å². The van der Waals surface area contributed by atoms with E-state index in [2.05, 4.69) is 64.8 Å². The Morgan fingerprint density at radius 1 is 0.657 bits per heavy atom. The normalized spacial score (nSPS) is 11.4. The molecule has 0 bridgehead atoms. The molecule has 0 aliphatic heterocycles. The number of H-pyrrole nitrogens is 2. The van der Waals surface area contributed by atoms with E-state index in [1.165, 1.54) is 0 Å². The van der Waals surface area contributed by atoms with Crippen molar-refractivity contribution < 1.29 is 9.47 Å². The van der Waals surface area contributed by atoms with E-state index in [4.69, 9.17) is 15.2 Å². The van der Waals surface area contributed by atoms with Gasteiger partial charge in [0.05, 0.1) is 12.8 Å². The molecule has 5 nitrogen and oxygen atoms in total. The lowest BCUT2D eigenvalue weighted by molar-refractivity contribution is 0.411. The number of aromatic nitrogens is 2. The van der Waals surface area contributed by atoms with Gasteiger partial charge in [-0.3, -0.25) is 0 Å². The lowest BCUT2D eigenvalue weighted by Gasteiger charge is -2.22. The molecule has 0 aliphatic rings. The van der Waals surface area contributed by atoms with Crippen molar-refractivity contribution in [2.45, 2.75) is 5.92 Å². The van der Waals surface area contributed by atoms with Crippen LogP contribution in [0.4, 0.5) is 5.69 Å². The zero-order valence-corrected chi connectivity index (χ0v) is 19.3. The number of nitrogens with one attached hydrogen (secondary N) is 2. The minimum Gasteiger partial charge on any atom is -0.497 e. The number of nitrogens with two attached hydrogens (primary N) is 1. The van der Waals surface area contributed by atoms with Gasteiger partial charge in [-0.15, -0.1) is 0 Å². The van der Waals surface area contributed by atoms with Crippen LogP contribution in [0.25, 0.3) is 21.8 Å². The monoisotopic (exact) mass is 459 g/mol. The molecule has 0 spiro atoms. The molecule has 4 N–H and O–H groups in total. The van der Waals surface area contributed by atoms with Gasteiger partial charge >= 0.3 is 0 Å². The molecule has 2 aromatic heterocycles. The molecule has 0 aliphatic carbocycles. The Balaban J connectivity index is 1.62. The number of aromatic amines is 2. The number of methoxy groups -OCH3 is 1. The van der Waals surface area contributed by atoms with Gasteiger partial charge in [0.25, 0.3) is 0 Å². The molecular weight excluding hydrogens is 434 g/mol. The van der Waals surface area contributed by atoms with Gasteiger partial charge in [0.2, 0.25) is 0 Å². The molecule has 0 unspecified atom stereocenters. The summed E-state index contributed by atoms with van der Waals surface area (Å²) in [5.74, 6) is 1.98. The SMILES string of the molecule is COc1ccc(Oc2ccccc2N)c(C(c2c[nH]c3ccccc23)c2c[nH]c3ccccc23)c1. The third-order valence-corrected chi connectivity index (χ3v) is 6.53. The highest BCUT2D eigenvalue weighted by Gasteiger charge is 2.27. The Hall–Kier alpha value is -4.64. The van der Waals surface area contributed by atoms with Crippen molar-refractivity contribution in [3.05, 3.63) is 120 Å². The molecule has 5 heteroatoms. The molecule has 35 heavy (non-hydrogen) atoms. The second-order valence-corrected chi connectivity index (χ2v) is 8.56. The minimum atomic E-state index is -0.127. The van der Waals surface area contributed by atoms with Crippen LogP contribution in [0.1, 0.15) is 22.6 Å². The number of nitrogen functional groups attached to an aromatic ring is 1. The largest absolute Gasteiger partial charge is 0.497 e. The van der Waals surface area contributed by atoms with Gasteiger partial charge in [-0.2, -0.15) is 0 Å². The Labute approximate surface area is 203 Å². The standard InChI is InChI=1S/C30H25N3O2/c1-34-19-14-15-28(35-29-13-7-4-10-25(29)31)22(16-19)30(23-17-32-26-11-5-2-8-20(23)26)24-18-33-27-12-6-3-9-21(24)27/h2-18,30,32-33H,31H2,1H3. The Morgan fingerprint density at radius 2 is 1.26 bits per heavy atom. The minimum absolute atomic E-state index is 0.127. The lowest BCUT2D eigenvalue weighted by Crippen LogP contribution is -2.06. The van der Waals surface area contributed by atoms with Crippen LogP contribution in [0.2, 0.25) is 0 Å². The Bertz CT molecular complexity index is 1570. The molecule has 0 fully saturated rings. The van der Waals surface area contributed by atoms with Gasteiger partial charge in [-0.1, -0.05) is 48.5 Å². The molecule has 2 heterocycles. The van der Waals surface area contributed by atoms with Crippen molar-refractivity contribution >= 4 is 27.5 Å². The molecule has 0 saturated carbocycles. The molecule has 6 rings (SSSR count). The number of fused-ring (bicyclic) bond motifs is 2. The van der Waals surface area contributed by atoms with E-state index in [1.54, 1.807) is 7.11 Å². The van der Waals surface area contributed by atoms with Crippen LogP contribution in [-0.4, -0.2) is 17.1 Å². The van der Waals surface area contributed by atoms with E-state index in [0.717, 1.165) is 50.0 Å². The summed E-state index contributed by atoms with van der Waals surface area (Å²) in [6.45, 7) is 0. The molecule has 0 saturated heterocycles. The first-order valence-corrected chi connectivity index (χ1v) is 11.6. The third kappa shape index (κ3) is 3.67. The molecular formula is C30H25N3O2. The van der Waals surface area contributed by atoms with E-state index in [1.807, 2.05) is 48.5 Å². The van der Waals surface area contributed by atoms with E-state index < -0.39 is 0 Å². The second-order valence-electron chi connectivity index (χ2n) is 8.56. The zero-order valence-electron chi connectivity index (χ0n) is 19.3. The van der Waals surface area contributed by atoms with Crippen molar-refractivity contribution in [3.8, 4) is 17.2 Å². The first-order valence-electron chi connectivity index (χ1n) is 11.6. The summed E-state index contributed by atoms with van der Waals surface area (Å²) in [7, 11) is 1.68. The Kier molecular flexibility index (Phi) is 5.15. The Morgan fingerprint density at radius 3 is 1.89 bits per heavy atom. The van der Waals surface area contributed by atoms with E-state index in [0.29, 0.717) is 11.4 Å². The highest BCUT2D eigenvalue weighted by Crippen LogP contribution is 2.45. The van der Waals surface area contributed by atoms with Crippen LogP contribution < -0.4 is 15.2 Å². The predicted octanol–water partition coefficient (Wildman–Crippen LogP) is 7.21. The van der Waals surface area contributed by atoms with Crippen molar-refractivity contribution in [2.75, 3.05) is 12.8 Å². The zero-order chi connectivity index (χ0) is 23.8. The number of para-hydroxylation sites is 4. The van der Waals surface area contributed by atoms with Gasteiger partial charge in [-0.05, 0) is 53.6 Å². The fourth-order valence-electron chi connectivity index (χ4n) is 4.83. The van der Waals surface area contributed by atoms with Crippen molar-refractivity contribution in [1.82, 2.24) is 9.97 Å². The average Bonchev–Trinajstić information content (AvgIpc) is 3.52. The van der Waals surface area contributed by atoms with E-state index in [9.17, 15) is 0 Å². The van der Waals surface area contributed by atoms with E-state index in [-0.39, 0.29) is 5.92 Å². The highest BCUT2D eigenvalue weighted by molar-refractivity contribution is 5.89. The summed E-state index contributed by atoms with van der Waals surface area (Å²) in [6, 6.07) is 30.2. The van der Waals surface area contributed by atoms with Gasteiger partial charge in [0, 0.05) is 45.7 Å². The summed E-state index contributed by atoms with van der Waals surface area (Å²) in [5.41, 5.74) is 12.3.